The average molecular weight is 400 g/mol. The molecule has 0 aliphatic carbocycles. The summed E-state index contributed by atoms with van der Waals surface area (Å²) in [6.07, 6.45) is 5.86. The number of hydrogen-bond donors (Lipinski definition) is 2. The van der Waals surface area contributed by atoms with Gasteiger partial charge in [-0.2, -0.15) is 9.65 Å². The van der Waals surface area contributed by atoms with Crippen molar-refractivity contribution in [1.29, 1.82) is 5.26 Å². The van der Waals surface area contributed by atoms with Crippen molar-refractivity contribution in [2.24, 2.45) is 17.3 Å². The highest BCUT2D eigenvalue weighted by Crippen LogP contribution is 2.27. The van der Waals surface area contributed by atoms with Gasteiger partial charge in [-0.15, -0.1) is 0 Å². The van der Waals surface area contributed by atoms with E-state index in [0.29, 0.717) is 11.6 Å². The Labute approximate surface area is 165 Å². The number of rotatable bonds is 3. The molecule has 0 aromatic carbocycles. The molecular formula is C19H21FN6OS. The summed E-state index contributed by atoms with van der Waals surface area (Å²) >= 11 is 0. The van der Waals surface area contributed by atoms with E-state index in [1.54, 1.807) is 24.7 Å². The summed E-state index contributed by atoms with van der Waals surface area (Å²) in [6, 6.07) is 4.32. The summed E-state index contributed by atoms with van der Waals surface area (Å²) < 4.78 is 23.3. The Balaban J connectivity index is 2.01. The second-order valence-corrected chi connectivity index (χ2v) is 8.32. The van der Waals surface area contributed by atoms with Gasteiger partial charge in [0, 0.05) is 54.5 Å². The van der Waals surface area contributed by atoms with Gasteiger partial charge in [-0.25, -0.2) is 14.1 Å². The van der Waals surface area contributed by atoms with E-state index in [9.17, 15) is 9.18 Å². The molecule has 2 unspecified atom stereocenters. The number of amides is 1. The smallest absolute Gasteiger partial charge is 0.272 e. The third-order valence-electron chi connectivity index (χ3n) is 4.39. The van der Waals surface area contributed by atoms with E-state index in [0.717, 1.165) is 16.5 Å². The fourth-order valence-electron chi connectivity index (χ4n) is 2.97. The van der Waals surface area contributed by atoms with Crippen molar-refractivity contribution in [3.63, 3.8) is 0 Å². The molecule has 0 saturated heterocycles. The average Bonchev–Trinajstić information content (AvgIpc) is 2.86. The molecule has 7 nitrogen and oxygen atoms in total. The first-order valence-corrected chi connectivity index (χ1v) is 9.89. The minimum Gasteiger partial charge on any atom is -0.345 e. The number of hydrogen-bond acceptors (Lipinski definition) is 4. The molecule has 1 aliphatic rings. The summed E-state index contributed by atoms with van der Waals surface area (Å²) in [7, 11) is 2.97. The highest BCUT2D eigenvalue weighted by atomic mass is 32.2. The van der Waals surface area contributed by atoms with Gasteiger partial charge in [0.25, 0.3) is 5.91 Å². The van der Waals surface area contributed by atoms with Crippen LogP contribution >= 0.6 is 0 Å². The van der Waals surface area contributed by atoms with Crippen molar-refractivity contribution < 1.29 is 9.18 Å². The third kappa shape index (κ3) is 3.88. The van der Waals surface area contributed by atoms with Crippen molar-refractivity contribution in [3.05, 3.63) is 47.3 Å². The first-order valence-electron chi connectivity index (χ1n) is 8.71. The van der Waals surface area contributed by atoms with Crippen LogP contribution in [0.4, 0.5) is 10.1 Å². The van der Waals surface area contributed by atoms with E-state index in [2.05, 4.69) is 33.2 Å². The Morgan fingerprint density at radius 1 is 1.50 bits per heavy atom. The second kappa shape index (κ2) is 8.04. The largest absolute Gasteiger partial charge is 0.345 e. The molecule has 0 radical (unpaired) electrons. The van der Waals surface area contributed by atoms with Crippen molar-refractivity contribution in [1.82, 2.24) is 14.3 Å². The van der Waals surface area contributed by atoms with Crippen LogP contribution in [0.1, 0.15) is 35.6 Å². The molecule has 0 bridgehead atoms. The van der Waals surface area contributed by atoms with Gasteiger partial charge in [-0.05, 0) is 12.0 Å². The minimum atomic E-state index is -0.824. The van der Waals surface area contributed by atoms with E-state index in [1.165, 1.54) is 6.07 Å². The standard InChI is InChI=1S/C19H21FN6OS/c1-11(2)15-6-5-14-16(28(22-3)25-15)10-26(4)18(14)19(27)24-12-7-13(9-21)23-17(20)8-12/h5-8,10-11,15H,1-4H3,(H,22,25)(H,23,24,27). The SMILES string of the molecule is CN=S1NC(C(C)C)C=Cc2c1cn(C)c2C(=O)Nc1cc(F)nc(C#N)c1. The number of fused-ring (bicyclic) bond motifs is 1. The van der Waals surface area contributed by atoms with Crippen molar-refractivity contribution in [2.45, 2.75) is 24.8 Å². The van der Waals surface area contributed by atoms with Crippen LogP contribution in [0.15, 0.2) is 33.7 Å². The Morgan fingerprint density at radius 3 is 2.89 bits per heavy atom. The van der Waals surface area contributed by atoms with Crippen LogP contribution in [0.25, 0.3) is 6.08 Å². The fraction of sp³-hybridized carbons (Fsp3) is 0.316. The molecule has 0 fully saturated rings. The number of nitrogens with zero attached hydrogens (tertiary/aromatic N) is 4. The molecule has 3 rings (SSSR count). The predicted octanol–water partition coefficient (Wildman–Crippen LogP) is 3.03. The summed E-state index contributed by atoms with van der Waals surface area (Å²) in [5, 5.41) is 11.6. The topological polar surface area (TPSA) is 95.1 Å². The van der Waals surface area contributed by atoms with Crippen LogP contribution in [0.5, 0.6) is 0 Å². The van der Waals surface area contributed by atoms with E-state index < -0.39 is 22.7 Å². The fourth-order valence-corrected chi connectivity index (χ4v) is 4.64. The summed E-state index contributed by atoms with van der Waals surface area (Å²) in [5.74, 6) is -0.854. The van der Waals surface area contributed by atoms with Gasteiger partial charge < -0.3 is 9.88 Å². The van der Waals surface area contributed by atoms with Crippen LogP contribution in [0.3, 0.4) is 0 Å². The van der Waals surface area contributed by atoms with Crippen LogP contribution in [-0.4, -0.2) is 28.5 Å². The van der Waals surface area contributed by atoms with Crippen molar-refractivity contribution >= 4 is 28.5 Å². The number of halogens is 1. The zero-order chi connectivity index (χ0) is 20.4. The third-order valence-corrected chi connectivity index (χ3v) is 6.00. The van der Waals surface area contributed by atoms with E-state index in [1.807, 2.05) is 18.3 Å². The lowest BCUT2D eigenvalue weighted by Crippen LogP contribution is -2.32. The van der Waals surface area contributed by atoms with E-state index in [-0.39, 0.29) is 17.4 Å². The maximum Gasteiger partial charge on any atom is 0.272 e. The van der Waals surface area contributed by atoms with Crippen LogP contribution < -0.4 is 10.0 Å². The Hall–Kier alpha value is -2.83. The molecule has 0 spiro atoms. The first-order chi connectivity index (χ1) is 13.3. The number of nitriles is 1. The molecule has 28 heavy (non-hydrogen) atoms. The van der Waals surface area contributed by atoms with Crippen LogP contribution in [0.2, 0.25) is 0 Å². The molecule has 2 aromatic heterocycles. The summed E-state index contributed by atoms with van der Waals surface area (Å²) in [6.45, 7) is 4.24. The molecule has 146 valence electrons. The van der Waals surface area contributed by atoms with Gasteiger partial charge in [0.2, 0.25) is 5.95 Å². The summed E-state index contributed by atoms with van der Waals surface area (Å²) in [4.78, 5) is 17.3. The molecule has 2 N–H and O–H groups in total. The van der Waals surface area contributed by atoms with Gasteiger partial charge in [-0.1, -0.05) is 26.0 Å². The molecular weight excluding hydrogens is 379 g/mol. The zero-order valence-electron chi connectivity index (χ0n) is 16.0. The lowest BCUT2D eigenvalue weighted by molar-refractivity contribution is 0.101. The minimum absolute atomic E-state index is 0.101. The van der Waals surface area contributed by atoms with Gasteiger partial charge >= 0.3 is 0 Å². The second-order valence-electron chi connectivity index (χ2n) is 6.71. The molecule has 3 heterocycles. The number of carbonyl (C=O) groups is 1. The summed E-state index contributed by atoms with van der Waals surface area (Å²) in [5.41, 5.74) is 1.30. The van der Waals surface area contributed by atoms with Crippen molar-refractivity contribution in [2.75, 3.05) is 12.4 Å². The molecule has 9 heteroatoms. The normalized spacial score (nSPS) is 18.6. The van der Waals surface area contributed by atoms with Gasteiger partial charge in [0.15, 0.2) is 0 Å². The highest BCUT2D eigenvalue weighted by molar-refractivity contribution is 7.85. The number of aromatic nitrogens is 2. The number of pyridine rings is 1. The Kier molecular flexibility index (Phi) is 5.72. The number of carbonyl (C=O) groups excluding carboxylic acids is 1. The highest BCUT2D eigenvalue weighted by Gasteiger charge is 2.25. The van der Waals surface area contributed by atoms with Gasteiger partial charge in [-0.3, -0.25) is 4.79 Å². The van der Waals surface area contributed by atoms with E-state index in [4.69, 9.17) is 5.26 Å². The van der Waals surface area contributed by atoms with Gasteiger partial charge in [0.05, 0.1) is 4.90 Å². The number of anilines is 1. The maximum absolute atomic E-state index is 13.6. The van der Waals surface area contributed by atoms with Crippen LogP contribution in [-0.2, 0) is 17.9 Å². The molecule has 1 aliphatic heterocycles. The van der Waals surface area contributed by atoms with E-state index >= 15 is 0 Å². The zero-order valence-corrected chi connectivity index (χ0v) is 16.8. The monoisotopic (exact) mass is 400 g/mol. The first kappa shape index (κ1) is 19.9. The van der Waals surface area contributed by atoms with Crippen LogP contribution in [0, 0.1) is 23.2 Å². The quantitative estimate of drug-likeness (QED) is 0.774. The number of aryl methyl sites for hydroxylation is 1. The molecule has 0 saturated carbocycles. The lowest BCUT2D eigenvalue weighted by Gasteiger charge is -2.18. The van der Waals surface area contributed by atoms with Gasteiger partial charge in [0.1, 0.15) is 17.5 Å². The molecule has 2 atom stereocenters. The maximum atomic E-state index is 13.6. The van der Waals surface area contributed by atoms with Crippen molar-refractivity contribution in [3.8, 4) is 6.07 Å². The Bertz CT molecular complexity index is 1030. The Morgan fingerprint density at radius 2 is 2.25 bits per heavy atom. The predicted molar refractivity (Wildman–Crippen MR) is 107 cm³/mol. The lowest BCUT2D eigenvalue weighted by atomic mass is 10.0. The molecule has 2 aromatic rings. The number of nitrogens with one attached hydrogen (secondary N) is 2. The molecule has 1 amide bonds.